The second-order valence-electron chi connectivity index (χ2n) is 3.49. The zero-order valence-corrected chi connectivity index (χ0v) is 8.86. The summed E-state index contributed by atoms with van der Waals surface area (Å²) in [7, 11) is 0. The molecule has 1 aromatic rings. The van der Waals surface area contributed by atoms with Crippen LogP contribution in [0.4, 0.5) is 5.69 Å². The number of nitrogens with two attached hydrogens (primary N) is 1. The Balaban J connectivity index is 2.69. The number of nitrogen functional groups attached to an aromatic ring is 1. The van der Waals surface area contributed by atoms with Crippen molar-refractivity contribution in [3.63, 3.8) is 0 Å². The molecule has 0 saturated carbocycles. The lowest BCUT2D eigenvalue weighted by molar-refractivity contribution is 0.0941. The molecule has 0 aliphatic carbocycles. The third kappa shape index (κ3) is 3.13. The lowest BCUT2D eigenvalue weighted by Gasteiger charge is -2.12. The number of hydrogen-bond donors (Lipinski definition) is 2. The van der Waals surface area contributed by atoms with Crippen molar-refractivity contribution in [3.05, 3.63) is 42.5 Å². The van der Waals surface area contributed by atoms with Gasteiger partial charge in [-0.1, -0.05) is 18.2 Å². The highest BCUT2D eigenvalue weighted by Crippen LogP contribution is 2.10. The van der Waals surface area contributed by atoms with E-state index in [4.69, 9.17) is 5.73 Å². The van der Waals surface area contributed by atoms with Gasteiger partial charge in [0.15, 0.2) is 0 Å². The minimum absolute atomic E-state index is 0.0783. The van der Waals surface area contributed by atoms with E-state index < -0.39 is 0 Å². The van der Waals surface area contributed by atoms with Crippen LogP contribution in [0.15, 0.2) is 36.9 Å². The van der Waals surface area contributed by atoms with Crippen LogP contribution in [0.2, 0.25) is 0 Å². The van der Waals surface area contributed by atoms with Crippen molar-refractivity contribution in [1.82, 2.24) is 5.32 Å². The molecule has 0 bridgehead atoms. The lowest BCUT2D eigenvalue weighted by atomic mass is 10.1. The standard InChI is InChI=1S/C12H16N2O/c1-3-6-9(2)14-12(15)10-7-4-5-8-11(10)13/h3-5,7-9H,1,6,13H2,2H3,(H,14,15). The second kappa shape index (κ2) is 5.20. The van der Waals surface area contributed by atoms with Gasteiger partial charge in [-0.3, -0.25) is 4.79 Å². The maximum absolute atomic E-state index is 11.7. The topological polar surface area (TPSA) is 55.1 Å². The van der Waals surface area contributed by atoms with Crippen LogP contribution < -0.4 is 11.1 Å². The van der Waals surface area contributed by atoms with Gasteiger partial charge in [0.1, 0.15) is 0 Å². The molecule has 0 radical (unpaired) electrons. The quantitative estimate of drug-likeness (QED) is 0.582. The smallest absolute Gasteiger partial charge is 0.253 e. The summed E-state index contributed by atoms with van der Waals surface area (Å²) in [6.45, 7) is 5.55. The molecule has 3 heteroatoms. The summed E-state index contributed by atoms with van der Waals surface area (Å²) >= 11 is 0. The maximum Gasteiger partial charge on any atom is 0.253 e. The molecule has 3 nitrogen and oxygen atoms in total. The van der Waals surface area contributed by atoms with Gasteiger partial charge in [0, 0.05) is 11.7 Å². The van der Waals surface area contributed by atoms with Crippen LogP contribution in [-0.2, 0) is 0 Å². The molecule has 0 aromatic heterocycles. The molecule has 0 fully saturated rings. The number of nitrogens with one attached hydrogen (secondary N) is 1. The first kappa shape index (κ1) is 11.3. The summed E-state index contributed by atoms with van der Waals surface area (Å²) < 4.78 is 0. The van der Waals surface area contributed by atoms with Crippen molar-refractivity contribution in [2.75, 3.05) is 5.73 Å². The van der Waals surface area contributed by atoms with E-state index in [0.29, 0.717) is 11.3 Å². The molecular weight excluding hydrogens is 188 g/mol. The molecule has 15 heavy (non-hydrogen) atoms. The SMILES string of the molecule is C=CCC(C)NC(=O)c1ccccc1N. The summed E-state index contributed by atoms with van der Waals surface area (Å²) in [4.78, 5) is 11.7. The Kier molecular flexibility index (Phi) is 3.92. The largest absolute Gasteiger partial charge is 0.398 e. The van der Waals surface area contributed by atoms with Crippen LogP contribution in [0.5, 0.6) is 0 Å². The monoisotopic (exact) mass is 204 g/mol. The van der Waals surface area contributed by atoms with Crippen LogP contribution in [0.1, 0.15) is 23.7 Å². The van der Waals surface area contributed by atoms with E-state index in [1.807, 2.05) is 6.92 Å². The average Bonchev–Trinajstić information content (AvgIpc) is 2.18. The Morgan fingerprint density at radius 1 is 1.60 bits per heavy atom. The van der Waals surface area contributed by atoms with Crippen molar-refractivity contribution < 1.29 is 4.79 Å². The van der Waals surface area contributed by atoms with E-state index >= 15 is 0 Å². The number of amides is 1. The van der Waals surface area contributed by atoms with Gasteiger partial charge in [0.2, 0.25) is 0 Å². The lowest BCUT2D eigenvalue weighted by Crippen LogP contribution is -2.32. The number of carbonyl (C=O) groups excluding carboxylic acids is 1. The van der Waals surface area contributed by atoms with Crippen molar-refractivity contribution in [2.24, 2.45) is 0 Å². The summed E-state index contributed by atoms with van der Waals surface area (Å²) in [5, 5.41) is 2.85. The predicted molar refractivity (Wildman–Crippen MR) is 62.6 cm³/mol. The third-order valence-electron chi connectivity index (χ3n) is 2.10. The number of rotatable bonds is 4. The van der Waals surface area contributed by atoms with Crippen molar-refractivity contribution >= 4 is 11.6 Å². The van der Waals surface area contributed by atoms with Crippen LogP contribution in [0.25, 0.3) is 0 Å². The molecule has 1 atom stereocenters. The highest BCUT2D eigenvalue weighted by atomic mass is 16.1. The van der Waals surface area contributed by atoms with Crippen LogP contribution in [0.3, 0.4) is 0 Å². The number of anilines is 1. The molecule has 1 rings (SSSR count). The molecular formula is C12H16N2O. The summed E-state index contributed by atoms with van der Waals surface area (Å²) in [5.74, 6) is -0.137. The first-order valence-electron chi connectivity index (χ1n) is 4.91. The van der Waals surface area contributed by atoms with Crippen LogP contribution in [0, 0.1) is 0 Å². The first-order valence-corrected chi connectivity index (χ1v) is 4.91. The molecule has 80 valence electrons. The van der Waals surface area contributed by atoms with Gasteiger partial charge in [-0.15, -0.1) is 6.58 Å². The third-order valence-corrected chi connectivity index (χ3v) is 2.10. The molecule has 0 aliphatic heterocycles. The Morgan fingerprint density at radius 3 is 2.87 bits per heavy atom. The molecule has 0 heterocycles. The minimum Gasteiger partial charge on any atom is -0.398 e. The number of carbonyl (C=O) groups is 1. The van der Waals surface area contributed by atoms with Crippen LogP contribution >= 0.6 is 0 Å². The van der Waals surface area contributed by atoms with Crippen molar-refractivity contribution in [1.29, 1.82) is 0 Å². The van der Waals surface area contributed by atoms with Crippen molar-refractivity contribution in [3.8, 4) is 0 Å². The number of para-hydroxylation sites is 1. The van der Waals surface area contributed by atoms with Gasteiger partial charge in [-0.05, 0) is 25.5 Å². The highest BCUT2D eigenvalue weighted by Gasteiger charge is 2.10. The van der Waals surface area contributed by atoms with Gasteiger partial charge in [-0.2, -0.15) is 0 Å². The van der Waals surface area contributed by atoms with E-state index in [0.717, 1.165) is 6.42 Å². The van der Waals surface area contributed by atoms with Gasteiger partial charge in [0.25, 0.3) is 5.91 Å². The molecule has 0 aliphatic rings. The van der Waals surface area contributed by atoms with E-state index in [-0.39, 0.29) is 11.9 Å². The number of hydrogen-bond acceptors (Lipinski definition) is 2. The van der Waals surface area contributed by atoms with E-state index in [2.05, 4.69) is 11.9 Å². The summed E-state index contributed by atoms with van der Waals surface area (Å²) in [5.41, 5.74) is 6.71. The van der Waals surface area contributed by atoms with E-state index in [1.165, 1.54) is 0 Å². The Morgan fingerprint density at radius 2 is 2.27 bits per heavy atom. The first-order chi connectivity index (χ1) is 7.15. The maximum atomic E-state index is 11.7. The fourth-order valence-electron chi connectivity index (χ4n) is 1.31. The summed E-state index contributed by atoms with van der Waals surface area (Å²) in [6, 6.07) is 7.11. The van der Waals surface area contributed by atoms with E-state index in [9.17, 15) is 4.79 Å². The van der Waals surface area contributed by atoms with Crippen LogP contribution in [-0.4, -0.2) is 11.9 Å². The van der Waals surface area contributed by atoms with E-state index in [1.54, 1.807) is 30.3 Å². The Bertz CT molecular complexity index is 360. The van der Waals surface area contributed by atoms with Crippen molar-refractivity contribution in [2.45, 2.75) is 19.4 Å². The molecule has 1 amide bonds. The Hall–Kier alpha value is -1.77. The Labute approximate surface area is 90.0 Å². The second-order valence-corrected chi connectivity index (χ2v) is 3.49. The average molecular weight is 204 g/mol. The zero-order valence-electron chi connectivity index (χ0n) is 8.86. The molecule has 3 N–H and O–H groups in total. The highest BCUT2D eigenvalue weighted by molar-refractivity contribution is 5.99. The molecule has 0 spiro atoms. The molecule has 1 unspecified atom stereocenters. The predicted octanol–water partition coefficient (Wildman–Crippen LogP) is 1.96. The van der Waals surface area contributed by atoms with Gasteiger partial charge < -0.3 is 11.1 Å². The van der Waals surface area contributed by atoms with Gasteiger partial charge >= 0.3 is 0 Å². The fourth-order valence-corrected chi connectivity index (χ4v) is 1.31. The van der Waals surface area contributed by atoms with Gasteiger partial charge in [0.05, 0.1) is 5.56 Å². The fraction of sp³-hybridized carbons (Fsp3) is 0.250. The normalized spacial score (nSPS) is 11.8. The minimum atomic E-state index is -0.137. The molecule has 1 aromatic carbocycles. The zero-order chi connectivity index (χ0) is 11.3. The summed E-state index contributed by atoms with van der Waals surface area (Å²) in [6.07, 6.45) is 2.53. The number of benzene rings is 1. The molecule has 0 saturated heterocycles. The van der Waals surface area contributed by atoms with Gasteiger partial charge in [-0.25, -0.2) is 0 Å².